The van der Waals surface area contributed by atoms with E-state index in [1.54, 1.807) is 6.07 Å². The molecule has 2 saturated heterocycles. The fourth-order valence-electron chi connectivity index (χ4n) is 4.56. The molecule has 7 heteroatoms. The first-order valence-corrected chi connectivity index (χ1v) is 11.1. The number of para-hydroxylation sites is 1. The third-order valence-corrected chi connectivity index (χ3v) is 6.76. The second kappa shape index (κ2) is 8.86. The van der Waals surface area contributed by atoms with Crippen molar-refractivity contribution in [1.82, 2.24) is 19.4 Å². The Kier molecular flexibility index (Phi) is 6.20. The number of fused-ring (bicyclic) bond motifs is 1. The molecule has 1 aromatic heterocycles. The van der Waals surface area contributed by atoms with E-state index in [1.165, 1.54) is 23.7 Å². The number of benzene rings is 1. The van der Waals surface area contributed by atoms with E-state index in [-0.39, 0.29) is 18.0 Å². The van der Waals surface area contributed by atoms with Gasteiger partial charge in [-0.1, -0.05) is 19.1 Å². The highest BCUT2D eigenvalue weighted by Crippen LogP contribution is 2.24. The van der Waals surface area contributed by atoms with Crippen molar-refractivity contribution in [3.05, 3.63) is 40.9 Å². The van der Waals surface area contributed by atoms with Crippen molar-refractivity contribution in [1.29, 1.82) is 0 Å². The highest BCUT2D eigenvalue weighted by molar-refractivity contribution is 5.77. The van der Waals surface area contributed by atoms with Crippen molar-refractivity contribution < 1.29 is 9.90 Å². The number of aliphatic hydroxyl groups is 1. The standard InChI is InChI=1S/C23H32N4O3/c1-18-6-11-25(12-7-18)13-8-21(28)26-14-9-23(30,10-15-26)16-27-17-24-20-5-3-2-4-19(20)22(27)29/h2-5,17-18,30H,6-16H2,1H3. The van der Waals surface area contributed by atoms with E-state index in [0.29, 0.717) is 43.3 Å². The van der Waals surface area contributed by atoms with E-state index in [2.05, 4.69) is 16.8 Å². The lowest BCUT2D eigenvalue weighted by Gasteiger charge is -2.39. The Morgan fingerprint density at radius 2 is 1.87 bits per heavy atom. The molecular weight excluding hydrogens is 380 g/mol. The fourth-order valence-corrected chi connectivity index (χ4v) is 4.56. The van der Waals surface area contributed by atoms with Gasteiger partial charge in [0.1, 0.15) is 0 Å². The number of amides is 1. The number of carbonyl (C=O) groups is 1. The monoisotopic (exact) mass is 412 g/mol. The number of aromatic nitrogens is 2. The predicted octanol–water partition coefficient (Wildman–Crippen LogP) is 1.87. The van der Waals surface area contributed by atoms with Crippen LogP contribution in [0.5, 0.6) is 0 Å². The molecule has 1 amide bonds. The molecule has 0 aliphatic carbocycles. The van der Waals surface area contributed by atoms with Crippen molar-refractivity contribution >= 4 is 16.8 Å². The molecule has 0 radical (unpaired) electrons. The zero-order chi connectivity index (χ0) is 21.1. The summed E-state index contributed by atoms with van der Waals surface area (Å²) in [5.41, 5.74) is -0.467. The van der Waals surface area contributed by atoms with E-state index >= 15 is 0 Å². The Morgan fingerprint density at radius 3 is 2.60 bits per heavy atom. The molecule has 162 valence electrons. The Balaban J connectivity index is 1.30. The van der Waals surface area contributed by atoms with Gasteiger partial charge in [0.2, 0.25) is 5.91 Å². The number of carbonyl (C=O) groups excluding carboxylic acids is 1. The van der Waals surface area contributed by atoms with Crippen molar-refractivity contribution in [2.75, 3.05) is 32.7 Å². The van der Waals surface area contributed by atoms with Crippen molar-refractivity contribution in [2.45, 2.75) is 51.2 Å². The highest BCUT2D eigenvalue weighted by atomic mass is 16.3. The van der Waals surface area contributed by atoms with Gasteiger partial charge >= 0.3 is 0 Å². The number of nitrogens with zero attached hydrogens (tertiary/aromatic N) is 4. The lowest BCUT2D eigenvalue weighted by molar-refractivity contribution is -0.136. The smallest absolute Gasteiger partial charge is 0.261 e. The second-order valence-corrected chi connectivity index (χ2v) is 9.07. The molecule has 2 fully saturated rings. The second-order valence-electron chi connectivity index (χ2n) is 9.07. The van der Waals surface area contributed by atoms with Crippen LogP contribution in [0.2, 0.25) is 0 Å². The van der Waals surface area contributed by atoms with Gasteiger partial charge in [-0.3, -0.25) is 14.2 Å². The van der Waals surface area contributed by atoms with Gasteiger partial charge in [-0.15, -0.1) is 0 Å². The maximum Gasteiger partial charge on any atom is 0.261 e. The summed E-state index contributed by atoms with van der Waals surface area (Å²) in [5, 5.41) is 11.6. The van der Waals surface area contributed by atoms with Gasteiger partial charge in [-0.25, -0.2) is 4.98 Å². The van der Waals surface area contributed by atoms with Crippen molar-refractivity contribution in [2.24, 2.45) is 5.92 Å². The zero-order valence-electron chi connectivity index (χ0n) is 17.8. The first-order valence-electron chi connectivity index (χ1n) is 11.1. The summed E-state index contributed by atoms with van der Waals surface area (Å²) in [6.45, 7) is 6.55. The molecule has 0 spiro atoms. The Bertz CT molecular complexity index is 941. The molecule has 3 heterocycles. The van der Waals surface area contributed by atoms with Gasteiger partial charge in [-0.05, 0) is 56.8 Å². The van der Waals surface area contributed by atoms with Gasteiger partial charge in [-0.2, -0.15) is 0 Å². The Hall–Kier alpha value is -2.25. The quantitative estimate of drug-likeness (QED) is 0.811. The number of rotatable bonds is 5. The largest absolute Gasteiger partial charge is 0.388 e. The summed E-state index contributed by atoms with van der Waals surface area (Å²) in [6, 6.07) is 7.24. The fraction of sp³-hybridized carbons (Fsp3) is 0.609. The molecule has 7 nitrogen and oxygen atoms in total. The third-order valence-electron chi connectivity index (χ3n) is 6.76. The zero-order valence-corrected chi connectivity index (χ0v) is 17.8. The lowest BCUT2D eigenvalue weighted by Crippen LogP contribution is -2.50. The first kappa shape index (κ1) is 21.0. The van der Waals surface area contributed by atoms with Crippen LogP contribution < -0.4 is 5.56 Å². The molecule has 0 atom stereocenters. The minimum atomic E-state index is -0.992. The third kappa shape index (κ3) is 4.73. The molecule has 0 unspecified atom stereocenters. The average molecular weight is 413 g/mol. The molecule has 0 saturated carbocycles. The summed E-state index contributed by atoms with van der Waals surface area (Å²) >= 11 is 0. The molecular formula is C23H32N4O3. The molecule has 2 aliphatic heterocycles. The van der Waals surface area contributed by atoms with Crippen LogP contribution in [-0.2, 0) is 11.3 Å². The van der Waals surface area contributed by atoms with Crippen LogP contribution in [-0.4, -0.2) is 68.7 Å². The summed E-state index contributed by atoms with van der Waals surface area (Å²) < 4.78 is 1.50. The molecule has 4 rings (SSSR count). The first-order chi connectivity index (χ1) is 14.4. The van der Waals surface area contributed by atoms with Gasteiger partial charge < -0.3 is 14.9 Å². The molecule has 1 N–H and O–H groups in total. The van der Waals surface area contributed by atoms with Gasteiger partial charge in [0.25, 0.3) is 5.56 Å². The van der Waals surface area contributed by atoms with E-state index < -0.39 is 5.60 Å². The SMILES string of the molecule is CC1CCN(CCC(=O)N2CCC(O)(Cn3cnc4ccccc4c3=O)CC2)CC1. The van der Waals surface area contributed by atoms with Gasteiger partial charge in [0, 0.05) is 26.1 Å². The van der Waals surface area contributed by atoms with E-state index in [1.807, 2.05) is 23.1 Å². The van der Waals surface area contributed by atoms with Gasteiger partial charge in [0.15, 0.2) is 0 Å². The lowest BCUT2D eigenvalue weighted by atomic mass is 9.91. The number of piperidine rings is 2. The molecule has 0 bridgehead atoms. The minimum Gasteiger partial charge on any atom is -0.388 e. The number of likely N-dealkylation sites (tertiary alicyclic amines) is 2. The summed E-state index contributed by atoms with van der Waals surface area (Å²) in [4.78, 5) is 33.9. The topological polar surface area (TPSA) is 78.7 Å². The molecule has 2 aromatic rings. The highest BCUT2D eigenvalue weighted by Gasteiger charge is 2.34. The summed E-state index contributed by atoms with van der Waals surface area (Å²) in [7, 11) is 0. The van der Waals surface area contributed by atoms with Crippen LogP contribution >= 0.6 is 0 Å². The minimum absolute atomic E-state index is 0.136. The van der Waals surface area contributed by atoms with Crippen LogP contribution in [0.15, 0.2) is 35.4 Å². The normalized spacial score (nSPS) is 20.5. The Labute approximate surface area is 177 Å². The number of hydrogen-bond acceptors (Lipinski definition) is 5. The average Bonchev–Trinajstić information content (AvgIpc) is 2.76. The predicted molar refractivity (Wildman–Crippen MR) is 116 cm³/mol. The van der Waals surface area contributed by atoms with Crippen LogP contribution in [0.4, 0.5) is 0 Å². The van der Waals surface area contributed by atoms with Crippen LogP contribution in [0, 0.1) is 5.92 Å². The van der Waals surface area contributed by atoms with Gasteiger partial charge in [0.05, 0.1) is 29.4 Å². The van der Waals surface area contributed by atoms with Crippen LogP contribution in [0.3, 0.4) is 0 Å². The maximum atomic E-state index is 12.7. The van der Waals surface area contributed by atoms with E-state index in [9.17, 15) is 14.7 Å². The summed E-state index contributed by atoms with van der Waals surface area (Å²) in [5.74, 6) is 0.960. The van der Waals surface area contributed by atoms with Crippen LogP contribution in [0.25, 0.3) is 10.9 Å². The maximum absolute atomic E-state index is 12.7. The van der Waals surface area contributed by atoms with E-state index in [0.717, 1.165) is 25.6 Å². The Morgan fingerprint density at radius 1 is 1.17 bits per heavy atom. The number of hydrogen-bond donors (Lipinski definition) is 1. The van der Waals surface area contributed by atoms with Crippen molar-refractivity contribution in [3.63, 3.8) is 0 Å². The molecule has 2 aliphatic rings. The van der Waals surface area contributed by atoms with Crippen molar-refractivity contribution in [3.8, 4) is 0 Å². The molecule has 30 heavy (non-hydrogen) atoms. The molecule has 1 aromatic carbocycles. The van der Waals surface area contributed by atoms with Crippen LogP contribution in [0.1, 0.15) is 39.0 Å². The summed E-state index contributed by atoms with van der Waals surface area (Å²) in [6.07, 6.45) is 5.43. The van der Waals surface area contributed by atoms with E-state index in [4.69, 9.17) is 0 Å².